The number of piperidine rings is 1. The van der Waals surface area contributed by atoms with E-state index in [9.17, 15) is 14.9 Å². The van der Waals surface area contributed by atoms with Gasteiger partial charge < -0.3 is 24.8 Å². The number of alkyl carbamates (subject to hydrolysis) is 1. The van der Waals surface area contributed by atoms with Crippen molar-refractivity contribution in [3.8, 4) is 6.07 Å². The number of rotatable bonds is 7. The molecule has 1 unspecified atom stereocenters. The van der Waals surface area contributed by atoms with Crippen molar-refractivity contribution in [1.82, 2.24) is 25.3 Å². The van der Waals surface area contributed by atoms with Crippen LogP contribution in [-0.4, -0.2) is 104 Å². The molecular weight excluding hydrogens is 458 g/mol. The minimum absolute atomic E-state index is 0.220. The number of piperazine rings is 1. The zero-order valence-electron chi connectivity index (χ0n) is 22.4. The highest BCUT2D eigenvalue weighted by Crippen LogP contribution is 2.29. The number of nitrogens with one attached hydrogen (secondary N) is 2. The predicted octanol–water partition coefficient (Wildman–Crippen LogP) is 2.17. The largest absolute Gasteiger partial charge is 0.450 e. The second kappa shape index (κ2) is 13.8. The van der Waals surface area contributed by atoms with Crippen LogP contribution in [0.1, 0.15) is 65.2 Å². The van der Waals surface area contributed by atoms with E-state index in [0.29, 0.717) is 44.2 Å². The molecule has 3 aliphatic rings. The first-order valence-electron chi connectivity index (χ1n) is 13.8. The fraction of sp³-hybridized carbons (Fsp3) is 0.846. The number of amides is 2. The topological polar surface area (TPSA) is 113 Å². The lowest BCUT2D eigenvalue weighted by Crippen LogP contribution is -2.57. The number of hydrogen-bond donors (Lipinski definition) is 2. The van der Waals surface area contributed by atoms with Crippen molar-refractivity contribution in [2.24, 2.45) is 10.9 Å². The molecule has 202 valence electrons. The Morgan fingerprint density at radius 2 is 1.75 bits per heavy atom. The van der Waals surface area contributed by atoms with Gasteiger partial charge in [-0.15, -0.1) is 0 Å². The minimum Gasteiger partial charge on any atom is -0.450 e. The van der Waals surface area contributed by atoms with Crippen molar-refractivity contribution in [2.75, 3.05) is 59.5 Å². The lowest BCUT2D eigenvalue weighted by atomic mass is 9.84. The van der Waals surface area contributed by atoms with E-state index >= 15 is 0 Å². The lowest BCUT2D eigenvalue weighted by molar-refractivity contribution is -0.124. The zero-order chi connectivity index (χ0) is 26.0. The Balaban J connectivity index is 1.84. The van der Waals surface area contributed by atoms with Gasteiger partial charge >= 0.3 is 6.09 Å². The first-order chi connectivity index (χ1) is 17.4. The number of likely N-dealkylation sites (tertiary alicyclic amines) is 1. The van der Waals surface area contributed by atoms with Crippen LogP contribution in [0.5, 0.6) is 0 Å². The van der Waals surface area contributed by atoms with Gasteiger partial charge in [-0.25, -0.2) is 9.79 Å². The number of ether oxygens (including phenoxy) is 1. The molecule has 3 fully saturated rings. The van der Waals surface area contributed by atoms with Crippen molar-refractivity contribution in [1.29, 1.82) is 5.26 Å². The zero-order valence-corrected chi connectivity index (χ0v) is 22.4. The summed E-state index contributed by atoms with van der Waals surface area (Å²) in [6.45, 7) is 9.83. The van der Waals surface area contributed by atoms with Crippen LogP contribution in [0.15, 0.2) is 4.99 Å². The van der Waals surface area contributed by atoms with Gasteiger partial charge in [-0.1, -0.05) is 39.0 Å². The van der Waals surface area contributed by atoms with Crippen LogP contribution < -0.4 is 10.6 Å². The smallest absolute Gasteiger partial charge is 0.413 e. The van der Waals surface area contributed by atoms with E-state index in [1.807, 2.05) is 11.9 Å². The SMILES string of the molecule is CCOC(=O)N/C(=N/C(CC1CCCCC1)C(=O)NC1(C#N)CCN(C)CC1)N1CCN(CC)CC1. The number of hydrogen-bond acceptors (Lipinski definition) is 7. The molecule has 10 nitrogen and oxygen atoms in total. The van der Waals surface area contributed by atoms with Gasteiger partial charge in [0.1, 0.15) is 11.6 Å². The quantitative estimate of drug-likeness (QED) is 0.404. The van der Waals surface area contributed by atoms with Crippen LogP contribution in [0.25, 0.3) is 0 Å². The number of nitriles is 1. The molecule has 2 N–H and O–H groups in total. The van der Waals surface area contributed by atoms with Gasteiger partial charge in [-0.05, 0) is 45.7 Å². The molecule has 0 aromatic heterocycles. The van der Waals surface area contributed by atoms with Crippen LogP contribution in [0.3, 0.4) is 0 Å². The molecule has 10 heteroatoms. The van der Waals surface area contributed by atoms with Gasteiger partial charge in [0.25, 0.3) is 0 Å². The summed E-state index contributed by atoms with van der Waals surface area (Å²) in [6, 6.07) is 1.72. The molecule has 2 aliphatic heterocycles. The molecular formula is C26H45N7O3. The van der Waals surface area contributed by atoms with E-state index in [-0.39, 0.29) is 12.5 Å². The maximum Gasteiger partial charge on any atom is 0.413 e. The Bertz CT molecular complexity index is 790. The van der Waals surface area contributed by atoms with Crippen molar-refractivity contribution in [3.05, 3.63) is 0 Å². The highest BCUT2D eigenvalue weighted by Gasteiger charge is 2.38. The standard InChI is InChI=1S/C26H45N7O3/c1-4-32-15-17-33(18-16-32)24(29-25(35)36-5-2)28-22(19-21-9-7-6-8-10-21)23(34)30-26(20-27)11-13-31(3)14-12-26/h21-22H,4-19H2,1-3H3,(H,30,34)(H,28,29,35). The third-order valence-corrected chi connectivity index (χ3v) is 7.89. The molecule has 2 heterocycles. The Labute approximate surface area is 216 Å². The molecule has 36 heavy (non-hydrogen) atoms. The molecule has 1 atom stereocenters. The van der Waals surface area contributed by atoms with Gasteiger partial charge in [0.05, 0.1) is 12.7 Å². The maximum atomic E-state index is 13.7. The molecule has 0 radical (unpaired) electrons. The number of likely N-dealkylation sites (N-methyl/N-ethyl adjacent to an activating group) is 1. The molecule has 0 aromatic carbocycles. The number of carbonyl (C=O) groups excluding carboxylic acids is 2. The fourth-order valence-corrected chi connectivity index (χ4v) is 5.42. The van der Waals surface area contributed by atoms with Crippen LogP contribution in [0.4, 0.5) is 4.79 Å². The van der Waals surface area contributed by atoms with Crippen molar-refractivity contribution < 1.29 is 14.3 Å². The molecule has 1 saturated carbocycles. The molecule has 3 rings (SSSR count). The minimum atomic E-state index is -0.870. The van der Waals surface area contributed by atoms with Gasteiger partial charge in [0, 0.05) is 39.3 Å². The highest BCUT2D eigenvalue weighted by molar-refractivity contribution is 5.96. The number of carbonyl (C=O) groups is 2. The van der Waals surface area contributed by atoms with E-state index in [4.69, 9.17) is 9.73 Å². The summed E-state index contributed by atoms with van der Waals surface area (Å²) in [4.78, 5) is 37.6. The van der Waals surface area contributed by atoms with Gasteiger partial charge in [-0.2, -0.15) is 5.26 Å². The summed E-state index contributed by atoms with van der Waals surface area (Å²) in [5.41, 5.74) is -0.870. The average Bonchev–Trinajstić information content (AvgIpc) is 2.90. The first-order valence-corrected chi connectivity index (χ1v) is 13.8. The third kappa shape index (κ3) is 8.07. The average molecular weight is 504 g/mol. The van der Waals surface area contributed by atoms with Crippen LogP contribution in [0, 0.1) is 17.2 Å². The van der Waals surface area contributed by atoms with Crippen LogP contribution in [0.2, 0.25) is 0 Å². The summed E-state index contributed by atoms with van der Waals surface area (Å²) in [6.07, 6.45) is 7.00. The molecule has 0 bridgehead atoms. The van der Waals surface area contributed by atoms with Crippen LogP contribution in [-0.2, 0) is 9.53 Å². The second-order valence-electron chi connectivity index (χ2n) is 10.5. The third-order valence-electron chi connectivity index (χ3n) is 7.89. The monoisotopic (exact) mass is 503 g/mol. The van der Waals surface area contributed by atoms with E-state index in [1.165, 1.54) is 19.3 Å². The second-order valence-corrected chi connectivity index (χ2v) is 10.5. The number of guanidine groups is 1. The van der Waals surface area contributed by atoms with Gasteiger partial charge in [-0.3, -0.25) is 10.1 Å². The Kier molecular flexibility index (Phi) is 10.8. The highest BCUT2D eigenvalue weighted by atomic mass is 16.5. The molecule has 0 spiro atoms. The summed E-state index contributed by atoms with van der Waals surface area (Å²) >= 11 is 0. The lowest BCUT2D eigenvalue weighted by Gasteiger charge is -2.38. The van der Waals surface area contributed by atoms with E-state index in [1.54, 1.807) is 6.92 Å². The van der Waals surface area contributed by atoms with Crippen molar-refractivity contribution in [3.63, 3.8) is 0 Å². The van der Waals surface area contributed by atoms with Crippen molar-refractivity contribution in [2.45, 2.75) is 76.8 Å². The summed E-state index contributed by atoms with van der Waals surface area (Å²) in [7, 11) is 2.03. The number of nitrogens with zero attached hydrogens (tertiary/aromatic N) is 5. The summed E-state index contributed by atoms with van der Waals surface area (Å²) < 4.78 is 5.15. The fourth-order valence-electron chi connectivity index (χ4n) is 5.42. The summed E-state index contributed by atoms with van der Waals surface area (Å²) in [5.74, 6) is 0.589. The Morgan fingerprint density at radius 1 is 1.08 bits per heavy atom. The Morgan fingerprint density at radius 3 is 2.33 bits per heavy atom. The molecule has 0 aromatic rings. The summed E-state index contributed by atoms with van der Waals surface area (Å²) in [5, 5.41) is 15.9. The van der Waals surface area contributed by atoms with Crippen molar-refractivity contribution >= 4 is 18.0 Å². The van der Waals surface area contributed by atoms with Gasteiger partial charge in [0.15, 0.2) is 0 Å². The van der Waals surface area contributed by atoms with E-state index in [2.05, 4.69) is 33.4 Å². The maximum absolute atomic E-state index is 13.7. The number of aliphatic imine (C=N–C) groups is 1. The molecule has 2 saturated heterocycles. The molecule has 1 aliphatic carbocycles. The van der Waals surface area contributed by atoms with Crippen LogP contribution >= 0.6 is 0 Å². The van der Waals surface area contributed by atoms with Gasteiger partial charge in [0.2, 0.25) is 11.9 Å². The first kappa shape index (κ1) is 28.2. The molecule has 2 amide bonds. The van der Waals surface area contributed by atoms with E-state index < -0.39 is 17.7 Å². The normalized spacial score (nSPS) is 22.9. The predicted molar refractivity (Wildman–Crippen MR) is 139 cm³/mol. The van der Waals surface area contributed by atoms with E-state index in [0.717, 1.165) is 45.6 Å². The Hall–Kier alpha value is -2.38.